The van der Waals surface area contributed by atoms with Crippen LogP contribution in [0.15, 0.2) is 36.4 Å². The minimum atomic E-state index is -0.289. The molecule has 0 spiro atoms. The normalized spacial score (nSPS) is 10.4. The van der Waals surface area contributed by atoms with Gasteiger partial charge in [0.25, 0.3) is 0 Å². The lowest BCUT2D eigenvalue weighted by Crippen LogP contribution is -2.04. The summed E-state index contributed by atoms with van der Waals surface area (Å²) in [5.74, 6) is 0.483. The Bertz CT molecular complexity index is 661. The van der Waals surface area contributed by atoms with Crippen LogP contribution in [-0.2, 0) is 9.53 Å². The van der Waals surface area contributed by atoms with Crippen molar-refractivity contribution in [2.24, 2.45) is 0 Å². The standard InChI is InChI=1S/C17H18O4/c1-20-16-11-10-13(12-6-3-4-7-14(12)16)15(18)8-5-9-17(19)21-2/h3-4,6-7,10-11H,5,8-9H2,1-2H3. The van der Waals surface area contributed by atoms with Crippen LogP contribution in [0.3, 0.4) is 0 Å². The second-order valence-electron chi connectivity index (χ2n) is 4.71. The maximum Gasteiger partial charge on any atom is 0.305 e. The second-order valence-corrected chi connectivity index (χ2v) is 4.71. The SMILES string of the molecule is COC(=O)CCCC(=O)c1ccc(OC)c2ccccc12. The number of benzene rings is 2. The van der Waals surface area contributed by atoms with E-state index in [0.717, 1.165) is 16.5 Å². The van der Waals surface area contributed by atoms with Crippen molar-refractivity contribution < 1.29 is 19.1 Å². The molecule has 0 saturated heterocycles. The predicted octanol–water partition coefficient (Wildman–Crippen LogP) is 3.37. The summed E-state index contributed by atoms with van der Waals surface area (Å²) in [5.41, 5.74) is 0.663. The predicted molar refractivity (Wildman–Crippen MR) is 80.7 cm³/mol. The highest BCUT2D eigenvalue weighted by Gasteiger charge is 2.13. The molecular formula is C17H18O4. The molecule has 0 atom stereocenters. The molecule has 4 heteroatoms. The van der Waals surface area contributed by atoms with Crippen molar-refractivity contribution in [3.63, 3.8) is 0 Å². The number of methoxy groups -OCH3 is 2. The van der Waals surface area contributed by atoms with E-state index in [1.54, 1.807) is 19.2 Å². The highest BCUT2D eigenvalue weighted by molar-refractivity contribution is 6.09. The highest BCUT2D eigenvalue weighted by atomic mass is 16.5. The van der Waals surface area contributed by atoms with Gasteiger partial charge < -0.3 is 9.47 Å². The Labute approximate surface area is 123 Å². The molecule has 0 aliphatic rings. The number of ketones is 1. The van der Waals surface area contributed by atoms with Crippen LogP contribution >= 0.6 is 0 Å². The molecule has 4 nitrogen and oxygen atoms in total. The third-order valence-electron chi connectivity index (χ3n) is 3.42. The lowest BCUT2D eigenvalue weighted by Gasteiger charge is -2.09. The van der Waals surface area contributed by atoms with Crippen molar-refractivity contribution in [1.29, 1.82) is 0 Å². The molecule has 0 amide bonds. The van der Waals surface area contributed by atoms with Crippen LogP contribution in [0.1, 0.15) is 29.6 Å². The molecule has 0 fully saturated rings. The van der Waals surface area contributed by atoms with Crippen LogP contribution in [0, 0.1) is 0 Å². The van der Waals surface area contributed by atoms with E-state index in [2.05, 4.69) is 4.74 Å². The van der Waals surface area contributed by atoms with Crippen LogP contribution in [-0.4, -0.2) is 26.0 Å². The molecule has 2 aromatic carbocycles. The van der Waals surface area contributed by atoms with Crippen LogP contribution in [0.25, 0.3) is 10.8 Å². The van der Waals surface area contributed by atoms with Gasteiger partial charge in [-0.3, -0.25) is 9.59 Å². The molecule has 21 heavy (non-hydrogen) atoms. The topological polar surface area (TPSA) is 52.6 Å². The zero-order chi connectivity index (χ0) is 15.2. The highest BCUT2D eigenvalue weighted by Crippen LogP contribution is 2.29. The number of esters is 1. The van der Waals surface area contributed by atoms with E-state index < -0.39 is 0 Å². The quantitative estimate of drug-likeness (QED) is 0.603. The van der Waals surface area contributed by atoms with Gasteiger partial charge in [0.2, 0.25) is 0 Å². The molecule has 0 bridgehead atoms. The number of hydrogen-bond donors (Lipinski definition) is 0. The van der Waals surface area contributed by atoms with E-state index in [1.165, 1.54) is 7.11 Å². The summed E-state index contributed by atoms with van der Waals surface area (Å²) in [6.45, 7) is 0. The van der Waals surface area contributed by atoms with Crippen LogP contribution in [0.5, 0.6) is 5.75 Å². The summed E-state index contributed by atoms with van der Waals surface area (Å²) in [7, 11) is 2.96. The minimum absolute atomic E-state index is 0.0257. The first-order chi connectivity index (χ1) is 10.2. The van der Waals surface area contributed by atoms with Gasteiger partial charge in [0, 0.05) is 23.8 Å². The van der Waals surface area contributed by atoms with E-state index in [0.29, 0.717) is 18.4 Å². The zero-order valence-corrected chi connectivity index (χ0v) is 12.2. The van der Waals surface area contributed by atoms with Gasteiger partial charge in [-0.05, 0) is 23.9 Å². The molecule has 2 aromatic rings. The van der Waals surface area contributed by atoms with Crippen molar-refractivity contribution in [2.45, 2.75) is 19.3 Å². The molecule has 0 N–H and O–H groups in total. The number of hydrogen-bond acceptors (Lipinski definition) is 4. The van der Waals surface area contributed by atoms with E-state index in [9.17, 15) is 9.59 Å². The Morgan fingerprint density at radius 2 is 1.67 bits per heavy atom. The molecule has 0 aliphatic carbocycles. The van der Waals surface area contributed by atoms with Gasteiger partial charge in [-0.25, -0.2) is 0 Å². The molecule has 0 heterocycles. The number of carbonyl (C=O) groups is 2. The first kappa shape index (κ1) is 15.0. The number of rotatable bonds is 6. The minimum Gasteiger partial charge on any atom is -0.496 e. The van der Waals surface area contributed by atoms with E-state index in [4.69, 9.17) is 4.74 Å². The molecule has 0 unspecified atom stereocenters. The monoisotopic (exact) mass is 286 g/mol. The fourth-order valence-electron chi connectivity index (χ4n) is 2.32. The number of fused-ring (bicyclic) bond motifs is 1. The lowest BCUT2D eigenvalue weighted by atomic mass is 9.98. The Morgan fingerprint density at radius 3 is 2.33 bits per heavy atom. The van der Waals surface area contributed by atoms with E-state index in [-0.39, 0.29) is 18.2 Å². The molecule has 0 saturated carbocycles. The maximum absolute atomic E-state index is 12.3. The Morgan fingerprint density at radius 1 is 0.952 bits per heavy atom. The van der Waals surface area contributed by atoms with Gasteiger partial charge in [0.15, 0.2) is 5.78 Å². The van der Waals surface area contributed by atoms with Crippen LogP contribution < -0.4 is 4.74 Å². The van der Waals surface area contributed by atoms with Crippen molar-refractivity contribution in [3.8, 4) is 5.75 Å². The van der Waals surface area contributed by atoms with Gasteiger partial charge in [-0.15, -0.1) is 0 Å². The van der Waals surface area contributed by atoms with Crippen LogP contribution in [0.4, 0.5) is 0 Å². The van der Waals surface area contributed by atoms with Gasteiger partial charge >= 0.3 is 5.97 Å². The fourth-order valence-corrected chi connectivity index (χ4v) is 2.32. The average Bonchev–Trinajstić information content (AvgIpc) is 2.53. The smallest absolute Gasteiger partial charge is 0.305 e. The van der Waals surface area contributed by atoms with Gasteiger partial charge in [0.05, 0.1) is 14.2 Å². The Balaban J connectivity index is 2.22. The summed E-state index contributed by atoms with van der Waals surface area (Å²) in [5, 5.41) is 1.79. The summed E-state index contributed by atoms with van der Waals surface area (Å²) in [6.07, 6.45) is 1.08. The summed E-state index contributed by atoms with van der Waals surface area (Å²) >= 11 is 0. The van der Waals surface area contributed by atoms with Crippen molar-refractivity contribution in [1.82, 2.24) is 0 Å². The second kappa shape index (κ2) is 6.88. The molecule has 0 aromatic heterocycles. The van der Waals surface area contributed by atoms with Crippen LogP contribution in [0.2, 0.25) is 0 Å². The third kappa shape index (κ3) is 3.40. The van der Waals surface area contributed by atoms with Gasteiger partial charge in [0.1, 0.15) is 5.75 Å². The third-order valence-corrected chi connectivity index (χ3v) is 3.42. The average molecular weight is 286 g/mol. The van der Waals surface area contributed by atoms with E-state index in [1.807, 2.05) is 24.3 Å². The van der Waals surface area contributed by atoms with Gasteiger partial charge in [-0.1, -0.05) is 24.3 Å². The Kier molecular flexibility index (Phi) is 4.93. The van der Waals surface area contributed by atoms with Crippen molar-refractivity contribution >= 4 is 22.5 Å². The molecule has 110 valence electrons. The van der Waals surface area contributed by atoms with Crippen molar-refractivity contribution in [2.75, 3.05) is 14.2 Å². The van der Waals surface area contributed by atoms with Crippen molar-refractivity contribution in [3.05, 3.63) is 42.0 Å². The molecule has 0 radical (unpaired) electrons. The number of carbonyl (C=O) groups excluding carboxylic acids is 2. The maximum atomic E-state index is 12.3. The summed E-state index contributed by atoms with van der Waals surface area (Å²) < 4.78 is 9.89. The lowest BCUT2D eigenvalue weighted by molar-refractivity contribution is -0.140. The molecular weight excluding hydrogens is 268 g/mol. The molecule has 2 rings (SSSR count). The molecule has 0 aliphatic heterocycles. The van der Waals surface area contributed by atoms with Gasteiger partial charge in [-0.2, -0.15) is 0 Å². The first-order valence-corrected chi connectivity index (χ1v) is 6.83. The number of ether oxygens (including phenoxy) is 2. The number of Topliss-reactive ketones (excluding diaryl/α,β-unsaturated/α-hetero) is 1. The zero-order valence-electron chi connectivity index (χ0n) is 12.2. The first-order valence-electron chi connectivity index (χ1n) is 6.83. The fraction of sp³-hybridized carbons (Fsp3) is 0.294. The summed E-state index contributed by atoms with van der Waals surface area (Å²) in [4.78, 5) is 23.4. The Hall–Kier alpha value is -2.36. The largest absolute Gasteiger partial charge is 0.496 e. The summed E-state index contributed by atoms with van der Waals surface area (Å²) in [6, 6.07) is 11.2. The van der Waals surface area contributed by atoms with E-state index >= 15 is 0 Å².